The molecule has 3 rings (SSSR count). The lowest BCUT2D eigenvalue weighted by atomic mass is 10.1. The molecule has 0 aliphatic carbocycles. The molecular formula is C22H18ClN3O3S. The van der Waals surface area contributed by atoms with Crippen molar-refractivity contribution >= 4 is 35.0 Å². The first-order chi connectivity index (χ1) is 14.5. The lowest BCUT2D eigenvalue weighted by molar-refractivity contribution is -0.113. The number of rotatable bonds is 7. The first kappa shape index (κ1) is 21.5. The molecule has 30 heavy (non-hydrogen) atoms. The molecule has 0 bridgehead atoms. The van der Waals surface area contributed by atoms with E-state index in [4.69, 9.17) is 21.1 Å². The van der Waals surface area contributed by atoms with Gasteiger partial charge in [-0.2, -0.15) is 5.26 Å². The average molecular weight is 440 g/mol. The third-order valence-corrected chi connectivity index (χ3v) is 5.37. The van der Waals surface area contributed by atoms with Gasteiger partial charge in [0.2, 0.25) is 5.91 Å². The van der Waals surface area contributed by atoms with Crippen LogP contribution in [0.4, 0.5) is 5.69 Å². The molecule has 8 heteroatoms. The Bertz CT molecular complexity index is 1100. The highest BCUT2D eigenvalue weighted by Gasteiger charge is 2.12. The molecule has 0 aliphatic heterocycles. The number of amides is 1. The SMILES string of the molecule is COc1ccc(NC(=O)CSc2nc(-c3ccc(Cl)cc3)ccc2C#N)cc1OC. The van der Waals surface area contributed by atoms with Crippen LogP contribution in [0.1, 0.15) is 5.56 Å². The van der Waals surface area contributed by atoms with Crippen molar-refractivity contribution in [1.29, 1.82) is 5.26 Å². The van der Waals surface area contributed by atoms with Crippen molar-refractivity contribution in [3.63, 3.8) is 0 Å². The predicted octanol–water partition coefficient (Wildman–Crippen LogP) is 5.02. The Balaban J connectivity index is 1.71. The van der Waals surface area contributed by atoms with E-state index in [0.29, 0.717) is 38.5 Å². The second kappa shape index (κ2) is 10.0. The maximum Gasteiger partial charge on any atom is 0.234 e. The van der Waals surface area contributed by atoms with Crippen LogP contribution >= 0.6 is 23.4 Å². The summed E-state index contributed by atoms with van der Waals surface area (Å²) in [6.07, 6.45) is 0. The number of nitrogens with one attached hydrogen (secondary N) is 1. The van der Waals surface area contributed by atoms with Crippen molar-refractivity contribution < 1.29 is 14.3 Å². The van der Waals surface area contributed by atoms with Crippen LogP contribution in [-0.2, 0) is 4.79 Å². The van der Waals surface area contributed by atoms with Gasteiger partial charge in [-0.1, -0.05) is 35.5 Å². The van der Waals surface area contributed by atoms with Gasteiger partial charge in [0.15, 0.2) is 11.5 Å². The fourth-order valence-electron chi connectivity index (χ4n) is 2.66. The highest BCUT2D eigenvalue weighted by molar-refractivity contribution is 8.00. The van der Waals surface area contributed by atoms with Gasteiger partial charge < -0.3 is 14.8 Å². The molecule has 1 heterocycles. The molecule has 0 spiro atoms. The molecule has 1 aromatic heterocycles. The van der Waals surface area contributed by atoms with Crippen LogP contribution in [0, 0.1) is 11.3 Å². The molecule has 0 radical (unpaired) electrons. The van der Waals surface area contributed by atoms with Crippen molar-refractivity contribution in [2.75, 3.05) is 25.3 Å². The number of methoxy groups -OCH3 is 2. The number of halogens is 1. The Morgan fingerprint density at radius 2 is 1.83 bits per heavy atom. The average Bonchev–Trinajstić information content (AvgIpc) is 2.77. The first-order valence-electron chi connectivity index (χ1n) is 8.86. The van der Waals surface area contributed by atoms with E-state index in [1.807, 2.05) is 12.1 Å². The number of aromatic nitrogens is 1. The van der Waals surface area contributed by atoms with Gasteiger partial charge in [0, 0.05) is 22.3 Å². The summed E-state index contributed by atoms with van der Waals surface area (Å²) in [5.41, 5.74) is 2.58. The number of anilines is 1. The van der Waals surface area contributed by atoms with Gasteiger partial charge in [0.1, 0.15) is 11.1 Å². The molecule has 0 fully saturated rings. The number of benzene rings is 2. The normalized spacial score (nSPS) is 10.2. The van der Waals surface area contributed by atoms with E-state index in [9.17, 15) is 10.1 Å². The topological polar surface area (TPSA) is 84.2 Å². The molecule has 0 unspecified atom stereocenters. The second-order valence-electron chi connectivity index (χ2n) is 6.07. The van der Waals surface area contributed by atoms with Gasteiger partial charge in [0.25, 0.3) is 0 Å². The second-order valence-corrected chi connectivity index (χ2v) is 7.47. The minimum absolute atomic E-state index is 0.0973. The van der Waals surface area contributed by atoms with E-state index in [-0.39, 0.29) is 11.7 Å². The summed E-state index contributed by atoms with van der Waals surface area (Å²) in [7, 11) is 3.08. The van der Waals surface area contributed by atoms with Crippen LogP contribution < -0.4 is 14.8 Å². The van der Waals surface area contributed by atoms with Crippen molar-refractivity contribution in [3.05, 3.63) is 65.2 Å². The number of nitrogens with zero attached hydrogens (tertiary/aromatic N) is 2. The molecule has 3 aromatic rings. The highest BCUT2D eigenvalue weighted by Crippen LogP contribution is 2.30. The maximum atomic E-state index is 12.4. The summed E-state index contributed by atoms with van der Waals surface area (Å²) in [6.45, 7) is 0. The Kier molecular flexibility index (Phi) is 7.17. The third kappa shape index (κ3) is 5.23. The smallest absolute Gasteiger partial charge is 0.234 e. The molecule has 0 saturated carbocycles. The molecule has 1 amide bonds. The summed E-state index contributed by atoms with van der Waals surface area (Å²) < 4.78 is 10.4. The van der Waals surface area contributed by atoms with Gasteiger partial charge in [-0.05, 0) is 36.4 Å². The van der Waals surface area contributed by atoms with Gasteiger partial charge in [-0.3, -0.25) is 4.79 Å². The molecule has 2 aromatic carbocycles. The van der Waals surface area contributed by atoms with E-state index in [0.717, 1.165) is 5.56 Å². The molecular weight excluding hydrogens is 422 g/mol. The van der Waals surface area contributed by atoms with Gasteiger partial charge in [-0.15, -0.1) is 0 Å². The molecule has 1 N–H and O–H groups in total. The Hall–Kier alpha value is -3.21. The van der Waals surface area contributed by atoms with Crippen LogP contribution in [0.3, 0.4) is 0 Å². The van der Waals surface area contributed by atoms with Crippen LogP contribution in [0.25, 0.3) is 11.3 Å². The summed E-state index contributed by atoms with van der Waals surface area (Å²) in [5, 5.41) is 13.3. The quantitative estimate of drug-likeness (QED) is 0.520. The van der Waals surface area contributed by atoms with Crippen LogP contribution in [0.15, 0.2) is 59.6 Å². The lowest BCUT2D eigenvalue weighted by Crippen LogP contribution is -2.14. The van der Waals surface area contributed by atoms with E-state index >= 15 is 0 Å². The summed E-state index contributed by atoms with van der Waals surface area (Å²) in [6, 6.07) is 18.0. The Labute approximate surface area is 183 Å². The van der Waals surface area contributed by atoms with Crippen molar-refractivity contribution in [2.24, 2.45) is 0 Å². The van der Waals surface area contributed by atoms with Gasteiger partial charge >= 0.3 is 0 Å². The zero-order valence-corrected chi connectivity index (χ0v) is 17.9. The lowest BCUT2D eigenvalue weighted by Gasteiger charge is -2.11. The zero-order chi connectivity index (χ0) is 21.5. The summed E-state index contributed by atoms with van der Waals surface area (Å²) in [4.78, 5) is 17.0. The summed E-state index contributed by atoms with van der Waals surface area (Å²) >= 11 is 7.14. The largest absolute Gasteiger partial charge is 0.493 e. The van der Waals surface area contributed by atoms with Crippen molar-refractivity contribution in [1.82, 2.24) is 4.98 Å². The zero-order valence-electron chi connectivity index (χ0n) is 16.3. The minimum atomic E-state index is -0.227. The molecule has 0 saturated heterocycles. The molecule has 6 nitrogen and oxygen atoms in total. The minimum Gasteiger partial charge on any atom is -0.493 e. The van der Waals surface area contributed by atoms with Crippen LogP contribution in [0.5, 0.6) is 11.5 Å². The standard InChI is InChI=1S/C22H18ClN3O3S/c1-28-19-10-8-17(11-20(19)29-2)25-21(27)13-30-22-15(12-24)5-9-18(26-22)14-3-6-16(23)7-4-14/h3-11H,13H2,1-2H3,(H,25,27). The monoisotopic (exact) mass is 439 g/mol. The van der Waals surface area contributed by atoms with Crippen LogP contribution in [0.2, 0.25) is 5.02 Å². The summed E-state index contributed by atoms with van der Waals surface area (Å²) in [5.74, 6) is 0.966. The number of ether oxygens (including phenoxy) is 2. The highest BCUT2D eigenvalue weighted by atomic mass is 35.5. The number of thioether (sulfide) groups is 1. The number of nitriles is 1. The van der Waals surface area contributed by atoms with Crippen molar-refractivity contribution in [2.45, 2.75) is 5.03 Å². The van der Waals surface area contributed by atoms with Crippen molar-refractivity contribution in [3.8, 4) is 28.8 Å². The number of carbonyl (C=O) groups is 1. The van der Waals surface area contributed by atoms with Crippen LogP contribution in [-0.4, -0.2) is 30.9 Å². The maximum absolute atomic E-state index is 12.4. The molecule has 152 valence electrons. The number of hydrogen-bond donors (Lipinski definition) is 1. The van der Waals surface area contributed by atoms with E-state index in [2.05, 4.69) is 16.4 Å². The molecule has 0 atom stereocenters. The Morgan fingerprint density at radius 3 is 2.50 bits per heavy atom. The fourth-order valence-corrected chi connectivity index (χ4v) is 3.56. The van der Waals surface area contributed by atoms with E-state index in [1.165, 1.54) is 18.9 Å². The number of hydrogen-bond acceptors (Lipinski definition) is 6. The van der Waals surface area contributed by atoms with Gasteiger partial charge in [0.05, 0.1) is 31.2 Å². The first-order valence-corrected chi connectivity index (χ1v) is 10.2. The fraction of sp³-hybridized carbons (Fsp3) is 0.136. The van der Waals surface area contributed by atoms with E-state index < -0.39 is 0 Å². The van der Waals surface area contributed by atoms with Gasteiger partial charge in [-0.25, -0.2) is 4.98 Å². The number of pyridine rings is 1. The predicted molar refractivity (Wildman–Crippen MR) is 118 cm³/mol. The number of carbonyl (C=O) groups excluding carboxylic acids is 1. The van der Waals surface area contributed by atoms with E-state index in [1.54, 1.807) is 49.6 Å². The third-order valence-electron chi connectivity index (χ3n) is 4.13. The Morgan fingerprint density at radius 1 is 1.10 bits per heavy atom. The molecule has 0 aliphatic rings.